The predicted molar refractivity (Wildman–Crippen MR) is 88.7 cm³/mol. The lowest BCUT2D eigenvalue weighted by Crippen LogP contribution is -2.24. The molecular weight excluding hydrogens is 282 g/mol. The average Bonchev–Trinajstić information content (AvgIpc) is 3.00. The lowest BCUT2D eigenvalue weighted by molar-refractivity contribution is 0.0954. The zero-order chi connectivity index (χ0) is 15.1. The van der Waals surface area contributed by atoms with Crippen molar-refractivity contribution in [2.45, 2.75) is 19.9 Å². The molecule has 2 rings (SSSR count). The molecule has 0 atom stereocenters. The third-order valence-electron chi connectivity index (χ3n) is 3.23. The summed E-state index contributed by atoms with van der Waals surface area (Å²) in [6.45, 7) is 3.61. The van der Waals surface area contributed by atoms with E-state index in [0.717, 1.165) is 36.4 Å². The average molecular weight is 303 g/mol. The number of amides is 1. The van der Waals surface area contributed by atoms with Crippen LogP contribution >= 0.6 is 11.8 Å². The first-order valence-electron chi connectivity index (χ1n) is 7.14. The minimum absolute atomic E-state index is 0.0131. The molecule has 1 N–H and O–H groups in total. The molecule has 1 amide bonds. The van der Waals surface area contributed by atoms with Crippen molar-refractivity contribution in [2.75, 3.05) is 18.6 Å². The highest BCUT2D eigenvalue weighted by Gasteiger charge is 2.07. The SMILES string of the molecule is CCn1cc(-c2cccc(C(=O)NCCCSC)c2)cn1. The third kappa shape index (κ3) is 4.36. The Balaban J connectivity index is 2.05. The summed E-state index contributed by atoms with van der Waals surface area (Å²) >= 11 is 1.79. The van der Waals surface area contributed by atoms with Crippen LogP contribution in [0.2, 0.25) is 0 Å². The van der Waals surface area contributed by atoms with E-state index in [0.29, 0.717) is 5.56 Å². The molecule has 5 heteroatoms. The van der Waals surface area contributed by atoms with E-state index in [-0.39, 0.29) is 5.91 Å². The van der Waals surface area contributed by atoms with Crippen molar-refractivity contribution >= 4 is 17.7 Å². The van der Waals surface area contributed by atoms with E-state index in [4.69, 9.17) is 0 Å². The first-order chi connectivity index (χ1) is 10.2. The fourth-order valence-electron chi connectivity index (χ4n) is 2.05. The predicted octanol–water partition coefficient (Wildman–Crippen LogP) is 3.05. The minimum Gasteiger partial charge on any atom is -0.352 e. The molecule has 1 aromatic heterocycles. The Labute approximate surface area is 129 Å². The molecule has 1 aromatic carbocycles. The Hall–Kier alpha value is -1.75. The molecule has 0 radical (unpaired) electrons. The van der Waals surface area contributed by atoms with Crippen LogP contribution in [0, 0.1) is 0 Å². The zero-order valence-electron chi connectivity index (χ0n) is 12.5. The molecule has 1 heterocycles. The summed E-state index contributed by atoms with van der Waals surface area (Å²) in [7, 11) is 0. The van der Waals surface area contributed by atoms with Crippen LogP contribution in [-0.4, -0.2) is 34.2 Å². The van der Waals surface area contributed by atoms with Gasteiger partial charge in [0, 0.05) is 30.4 Å². The van der Waals surface area contributed by atoms with Gasteiger partial charge >= 0.3 is 0 Å². The molecule has 0 aliphatic carbocycles. The summed E-state index contributed by atoms with van der Waals surface area (Å²) < 4.78 is 1.88. The Bertz CT molecular complexity index is 595. The maximum Gasteiger partial charge on any atom is 0.251 e. The molecule has 0 saturated heterocycles. The summed E-state index contributed by atoms with van der Waals surface area (Å²) in [5, 5.41) is 7.23. The summed E-state index contributed by atoms with van der Waals surface area (Å²) in [5.41, 5.74) is 2.75. The number of carbonyl (C=O) groups excluding carboxylic acids is 1. The van der Waals surface area contributed by atoms with Gasteiger partial charge in [0.15, 0.2) is 0 Å². The van der Waals surface area contributed by atoms with Crippen LogP contribution in [0.4, 0.5) is 0 Å². The van der Waals surface area contributed by atoms with Crippen LogP contribution in [0.3, 0.4) is 0 Å². The van der Waals surface area contributed by atoms with E-state index >= 15 is 0 Å². The number of aryl methyl sites for hydroxylation is 1. The van der Waals surface area contributed by atoms with Gasteiger partial charge in [0.2, 0.25) is 0 Å². The number of nitrogens with zero attached hydrogens (tertiary/aromatic N) is 2. The lowest BCUT2D eigenvalue weighted by Gasteiger charge is -2.06. The number of carbonyl (C=O) groups is 1. The molecule has 0 spiro atoms. The first kappa shape index (κ1) is 15.6. The molecule has 0 aliphatic heterocycles. The topological polar surface area (TPSA) is 46.9 Å². The Morgan fingerprint density at radius 3 is 2.95 bits per heavy atom. The summed E-state index contributed by atoms with van der Waals surface area (Å²) in [6.07, 6.45) is 6.89. The molecule has 0 aliphatic rings. The van der Waals surface area contributed by atoms with Crippen molar-refractivity contribution in [3.63, 3.8) is 0 Å². The fourth-order valence-corrected chi connectivity index (χ4v) is 2.48. The van der Waals surface area contributed by atoms with E-state index < -0.39 is 0 Å². The van der Waals surface area contributed by atoms with Gasteiger partial charge < -0.3 is 5.32 Å². The van der Waals surface area contributed by atoms with E-state index in [9.17, 15) is 4.79 Å². The van der Waals surface area contributed by atoms with E-state index in [1.165, 1.54) is 0 Å². The van der Waals surface area contributed by atoms with Gasteiger partial charge in [0.25, 0.3) is 5.91 Å². The van der Waals surface area contributed by atoms with Crippen LogP contribution in [0.25, 0.3) is 11.1 Å². The second-order valence-corrected chi connectivity index (χ2v) is 5.75. The van der Waals surface area contributed by atoms with Crippen molar-refractivity contribution in [1.29, 1.82) is 0 Å². The van der Waals surface area contributed by atoms with Gasteiger partial charge in [-0.2, -0.15) is 16.9 Å². The number of thioether (sulfide) groups is 1. The first-order valence-corrected chi connectivity index (χ1v) is 8.54. The third-order valence-corrected chi connectivity index (χ3v) is 3.92. The molecule has 0 fully saturated rings. The summed E-state index contributed by atoms with van der Waals surface area (Å²) in [5.74, 6) is 1.05. The molecule has 0 bridgehead atoms. The minimum atomic E-state index is -0.0131. The van der Waals surface area contributed by atoms with Gasteiger partial charge in [-0.3, -0.25) is 9.48 Å². The van der Waals surface area contributed by atoms with Gasteiger partial charge in [-0.15, -0.1) is 0 Å². The van der Waals surface area contributed by atoms with Crippen LogP contribution in [0.1, 0.15) is 23.7 Å². The highest BCUT2D eigenvalue weighted by atomic mass is 32.2. The van der Waals surface area contributed by atoms with Crippen LogP contribution in [-0.2, 0) is 6.54 Å². The molecule has 2 aromatic rings. The Kier molecular flexibility index (Phi) is 5.87. The van der Waals surface area contributed by atoms with Crippen LogP contribution in [0.15, 0.2) is 36.7 Å². The monoisotopic (exact) mass is 303 g/mol. The maximum atomic E-state index is 12.1. The molecular formula is C16H21N3OS. The fraction of sp³-hybridized carbons (Fsp3) is 0.375. The van der Waals surface area contributed by atoms with E-state index in [2.05, 4.69) is 23.6 Å². The van der Waals surface area contributed by atoms with Gasteiger partial charge in [-0.05, 0) is 43.0 Å². The van der Waals surface area contributed by atoms with Crippen LogP contribution < -0.4 is 5.32 Å². The van der Waals surface area contributed by atoms with Gasteiger partial charge in [0.05, 0.1) is 6.20 Å². The Morgan fingerprint density at radius 1 is 1.38 bits per heavy atom. The number of hydrogen-bond acceptors (Lipinski definition) is 3. The van der Waals surface area contributed by atoms with Crippen molar-refractivity contribution in [3.8, 4) is 11.1 Å². The van der Waals surface area contributed by atoms with E-state index in [1.807, 2.05) is 41.3 Å². The number of benzene rings is 1. The highest BCUT2D eigenvalue weighted by molar-refractivity contribution is 7.98. The molecule has 112 valence electrons. The van der Waals surface area contributed by atoms with Crippen molar-refractivity contribution in [2.24, 2.45) is 0 Å². The van der Waals surface area contributed by atoms with Gasteiger partial charge in [-0.1, -0.05) is 12.1 Å². The number of rotatable bonds is 7. The lowest BCUT2D eigenvalue weighted by atomic mass is 10.1. The number of hydrogen-bond donors (Lipinski definition) is 1. The van der Waals surface area contributed by atoms with Crippen molar-refractivity contribution in [3.05, 3.63) is 42.2 Å². The van der Waals surface area contributed by atoms with Crippen molar-refractivity contribution < 1.29 is 4.79 Å². The molecule has 0 unspecified atom stereocenters. The van der Waals surface area contributed by atoms with E-state index in [1.54, 1.807) is 11.8 Å². The Morgan fingerprint density at radius 2 is 2.24 bits per heavy atom. The molecule has 0 saturated carbocycles. The quantitative estimate of drug-likeness (QED) is 0.800. The van der Waals surface area contributed by atoms with Crippen LogP contribution in [0.5, 0.6) is 0 Å². The molecule has 4 nitrogen and oxygen atoms in total. The second kappa shape index (κ2) is 7.88. The smallest absolute Gasteiger partial charge is 0.251 e. The molecule has 21 heavy (non-hydrogen) atoms. The zero-order valence-corrected chi connectivity index (χ0v) is 13.3. The normalized spacial score (nSPS) is 10.6. The van der Waals surface area contributed by atoms with Crippen molar-refractivity contribution in [1.82, 2.24) is 15.1 Å². The number of aromatic nitrogens is 2. The van der Waals surface area contributed by atoms with Gasteiger partial charge in [0.1, 0.15) is 0 Å². The summed E-state index contributed by atoms with van der Waals surface area (Å²) in [6, 6.07) is 7.68. The maximum absolute atomic E-state index is 12.1. The summed E-state index contributed by atoms with van der Waals surface area (Å²) in [4.78, 5) is 12.1. The largest absolute Gasteiger partial charge is 0.352 e. The van der Waals surface area contributed by atoms with Gasteiger partial charge in [-0.25, -0.2) is 0 Å². The number of nitrogens with one attached hydrogen (secondary N) is 1. The highest BCUT2D eigenvalue weighted by Crippen LogP contribution is 2.19. The standard InChI is InChI=1S/C16H21N3OS/c1-3-19-12-15(11-18-19)13-6-4-7-14(10-13)16(20)17-8-5-9-21-2/h4,6-7,10-12H,3,5,8-9H2,1-2H3,(H,17,20). The second-order valence-electron chi connectivity index (χ2n) is 4.77.